The summed E-state index contributed by atoms with van der Waals surface area (Å²) in [4.78, 5) is 11.1. The van der Waals surface area contributed by atoms with Crippen LogP contribution in [-0.4, -0.2) is 30.1 Å². The van der Waals surface area contributed by atoms with E-state index in [-0.39, 0.29) is 0 Å². The lowest BCUT2D eigenvalue weighted by Gasteiger charge is -2.23. The third-order valence-corrected chi connectivity index (χ3v) is 2.34. The minimum atomic E-state index is 0.638. The Kier molecular flexibility index (Phi) is 5.19. The molecule has 0 fully saturated rings. The molecule has 1 rings (SSSR count). The predicted octanol–water partition coefficient (Wildman–Crippen LogP) is 1.68. The molecule has 1 aromatic heterocycles. The average molecular weight is 222 g/mol. The molecule has 1 N–H and O–H groups in total. The minimum Gasteiger partial charge on any atom is -0.355 e. The summed E-state index contributed by atoms with van der Waals surface area (Å²) in [6.45, 7) is 9.33. The molecule has 0 radical (unpaired) electrons. The van der Waals surface area contributed by atoms with Crippen LogP contribution in [-0.2, 0) is 6.54 Å². The van der Waals surface area contributed by atoms with Gasteiger partial charge in [0.1, 0.15) is 5.82 Å². The number of rotatable bonds is 6. The van der Waals surface area contributed by atoms with Gasteiger partial charge in [-0.2, -0.15) is 0 Å². The Hall–Kier alpha value is -1.16. The fourth-order valence-corrected chi connectivity index (χ4v) is 1.61. The second-order valence-electron chi connectivity index (χ2n) is 4.33. The van der Waals surface area contributed by atoms with Crippen LogP contribution in [0.1, 0.15) is 26.5 Å². The highest BCUT2D eigenvalue weighted by atomic mass is 15.2. The van der Waals surface area contributed by atoms with Gasteiger partial charge < -0.3 is 10.2 Å². The lowest BCUT2D eigenvalue weighted by molar-refractivity contribution is 0.613. The summed E-state index contributed by atoms with van der Waals surface area (Å²) >= 11 is 0. The Labute approximate surface area is 98.1 Å². The molecule has 0 atom stereocenters. The summed E-state index contributed by atoms with van der Waals surface area (Å²) in [7, 11) is 1.91. The van der Waals surface area contributed by atoms with Crippen molar-refractivity contribution in [2.24, 2.45) is 5.92 Å². The Morgan fingerprint density at radius 3 is 2.50 bits per heavy atom. The van der Waals surface area contributed by atoms with Gasteiger partial charge in [0.25, 0.3) is 0 Å². The summed E-state index contributed by atoms with van der Waals surface area (Å²) in [6.07, 6.45) is 3.70. The first kappa shape index (κ1) is 12.9. The van der Waals surface area contributed by atoms with Crippen LogP contribution in [0.3, 0.4) is 0 Å². The highest BCUT2D eigenvalue weighted by Gasteiger charge is 2.07. The molecule has 0 aliphatic carbocycles. The molecule has 0 aliphatic rings. The third kappa shape index (κ3) is 3.77. The van der Waals surface area contributed by atoms with Crippen LogP contribution >= 0.6 is 0 Å². The maximum absolute atomic E-state index is 4.44. The van der Waals surface area contributed by atoms with Crippen molar-refractivity contribution in [3.8, 4) is 0 Å². The number of hydrogen-bond donors (Lipinski definition) is 1. The van der Waals surface area contributed by atoms with Crippen molar-refractivity contribution >= 4 is 5.82 Å². The van der Waals surface area contributed by atoms with Crippen LogP contribution in [0.4, 0.5) is 5.82 Å². The summed E-state index contributed by atoms with van der Waals surface area (Å²) in [5, 5.41) is 3.06. The van der Waals surface area contributed by atoms with Crippen molar-refractivity contribution in [2.45, 2.75) is 27.3 Å². The molecule has 16 heavy (non-hydrogen) atoms. The molecule has 0 aliphatic heterocycles. The number of nitrogens with zero attached hydrogens (tertiary/aromatic N) is 3. The fraction of sp³-hybridized carbons (Fsp3) is 0.667. The molecule has 90 valence electrons. The zero-order chi connectivity index (χ0) is 12.0. The first-order valence-electron chi connectivity index (χ1n) is 5.87. The Morgan fingerprint density at radius 1 is 1.31 bits per heavy atom. The zero-order valence-electron chi connectivity index (χ0n) is 10.7. The van der Waals surface area contributed by atoms with Crippen LogP contribution in [0, 0.1) is 5.92 Å². The van der Waals surface area contributed by atoms with Gasteiger partial charge in [0, 0.05) is 19.6 Å². The highest BCUT2D eigenvalue weighted by Crippen LogP contribution is 2.10. The van der Waals surface area contributed by atoms with Gasteiger partial charge in [-0.15, -0.1) is 0 Å². The van der Waals surface area contributed by atoms with Crippen LogP contribution < -0.4 is 10.2 Å². The summed E-state index contributed by atoms with van der Waals surface area (Å²) in [5.41, 5.74) is 0.979. The van der Waals surface area contributed by atoms with Gasteiger partial charge in [-0.05, 0) is 19.9 Å². The number of hydrogen-bond acceptors (Lipinski definition) is 4. The van der Waals surface area contributed by atoms with Gasteiger partial charge in [-0.25, -0.2) is 4.98 Å². The molecule has 0 saturated carbocycles. The van der Waals surface area contributed by atoms with Crippen LogP contribution in [0.25, 0.3) is 0 Å². The Bertz CT molecular complexity index is 294. The molecule has 0 unspecified atom stereocenters. The molecule has 1 heterocycles. The van der Waals surface area contributed by atoms with E-state index in [1.54, 1.807) is 0 Å². The Morgan fingerprint density at radius 2 is 2.06 bits per heavy atom. The van der Waals surface area contributed by atoms with E-state index in [1.807, 2.05) is 19.4 Å². The van der Waals surface area contributed by atoms with E-state index in [0.29, 0.717) is 5.92 Å². The predicted molar refractivity (Wildman–Crippen MR) is 67.5 cm³/mol. The van der Waals surface area contributed by atoms with Gasteiger partial charge in [-0.3, -0.25) is 4.98 Å². The standard InChI is InChI=1S/C12H22N4/c1-5-16(9-10(2)3)12-8-14-11(6-13-4)7-15-12/h7-8,10,13H,5-6,9H2,1-4H3. The van der Waals surface area contributed by atoms with E-state index in [0.717, 1.165) is 31.1 Å². The molecule has 0 bridgehead atoms. The van der Waals surface area contributed by atoms with Crippen LogP contribution in [0.15, 0.2) is 12.4 Å². The quantitative estimate of drug-likeness (QED) is 0.795. The summed E-state index contributed by atoms with van der Waals surface area (Å²) in [5.74, 6) is 1.61. The van der Waals surface area contributed by atoms with E-state index >= 15 is 0 Å². The van der Waals surface area contributed by atoms with Gasteiger partial charge in [0.05, 0.1) is 18.1 Å². The van der Waals surface area contributed by atoms with Gasteiger partial charge >= 0.3 is 0 Å². The van der Waals surface area contributed by atoms with Crippen molar-refractivity contribution < 1.29 is 0 Å². The van der Waals surface area contributed by atoms with Crippen molar-refractivity contribution in [2.75, 3.05) is 25.0 Å². The lowest BCUT2D eigenvalue weighted by atomic mass is 10.2. The Balaban J connectivity index is 2.70. The first-order valence-corrected chi connectivity index (χ1v) is 5.87. The molecule has 1 aromatic rings. The summed E-state index contributed by atoms with van der Waals surface area (Å²) in [6, 6.07) is 0. The van der Waals surface area contributed by atoms with E-state index in [1.165, 1.54) is 0 Å². The third-order valence-electron chi connectivity index (χ3n) is 2.34. The maximum Gasteiger partial charge on any atom is 0.147 e. The van der Waals surface area contributed by atoms with E-state index in [4.69, 9.17) is 0 Å². The normalized spacial score (nSPS) is 10.8. The average Bonchev–Trinajstić information content (AvgIpc) is 2.27. The molecule has 4 nitrogen and oxygen atoms in total. The summed E-state index contributed by atoms with van der Waals surface area (Å²) < 4.78 is 0. The van der Waals surface area contributed by atoms with Gasteiger partial charge in [-0.1, -0.05) is 13.8 Å². The fourth-order valence-electron chi connectivity index (χ4n) is 1.61. The smallest absolute Gasteiger partial charge is 0.147 e. The largest absolute Gasteiger partial charge is 0.355 e. The van der Waals surface area contributed by atoms with Crippen molar-refractivity contribution in [1.29, 1.82) is 0 Å². The lowest BCUT2D eigenvalue weighted by Crippen LogP contribution is -2.28. The second-order valence-corrected chi connectivity index (χ2v) is 4.33. The van der Waals surface area contributed by atoms with E-state index in [2.05, 4.69) is 41.0 Å². The molecular formula is C12H22N4. The van der Waals surface area contributed by atoms with E-state index in [9.17, 15) is 0 Å². The van der Waals surface area contributed by atoms with E-state index < -0.39 is 0 Å². The molecule has 0 spiro atoms. The van der Waals surface area contributed by atoms with Crippen molar-refractivity contribution in [3.05, 3.63) is 18.1 Å². The van der Waals surface area contributed by atoms with Crippen molar-refractivity contribution in [1.82, 2.24) is 15.3 Å². The minimum absolute atomic E-state index is 0.638. The zero-order valence-corrected chi connectivity index (χ0v) is 10.7. The molecule has 0 saturated heterocycles. The highest BCUT2D eigenvalue weighted by molar-refractivity contribution is 5.35. The SMILES string of the molecule is CCN(CC(C)C)c1cnc(CNC)cn1. The molecular weight excluding hydrogens is 200 g/mol. The number of nitrogens with one attached hydrogen (secondary N) is 1. The molecule has 4 heteroatoms. The monoisotopic (exact) mass is 222 g/mol. The topological polar surface area (TPSA) is 41.1 Å². The van der Waals surface area contributed by atoms with Gasteiger partial charge in [0.15, 0.2) is 0 Å². The molecule has 0 aromatic carbocycles. The second kappa shape index (κ2) is 6.43. The van der Waals surface area contributed by atoms with Crippen LogP contribution in [0.5, 0.6) is 0 Å². The van der Waals surface area contributed by atoms with Crippen LogP contribution in [0.2, 0.25) is 0 Å². The maximum atomic E-state index is 4.44. The van der Waals surface area contributed by atoms with Gasteiger partial charge in [0.2, 0.25) is 0 Å². The number of anilines is 1. The molecule has 0 amide bonds. The first-order chi connectivity index (χ1) is 7.67. The number of aromatic nitrogens is 2. The van der Waals surface area contributed by atoms with Crippen molar-refractivity contribution in [3.63, 3.8) is 0 Å².